The lowest BCUT2D eigenvalue weighted by Gasteiger charge is -2.09. The Kier molecular flexibility index (Phi) is 4.56. The van der Waals surface area contributed by atoms with Gasteiger partial charge in [0.2, 0.25) is 0 Å². The number of hydrogen-bond donors (Lipinski definition) is 1. The van der Waals surface area contributed by atoms with Crippen LogP contribution in [0.1, 0.15) is 11.3 Å². The van der Waals surface area contributed by atoms with Crippen molar-refractivity contribution in [1.82, 2.24) is 10.3 Å². The molecule has 0 radical (unpaired) electrons. The number of halogens is 1. The van der Waals surface area contributed by atoms with Gasteiger partial charge in [-0.2, -0.15) is 0 Å². The molecule has 0 saturated carbocycles. The minimum atomic E-state index is 0.695. The van der Waals surface area contributed by atoms with Crippen LogP contribution in [0.5, 0.6) is 5.75 Å². The molecule has 3 nitrogen and oxygen atoms in total. The normalized spacial score (nSPS) is 10.3. The lowest BCUT2D eigenvalue weighted by Crippen LogP contribution is -2.14. The Balaban J connectivity index is 1.96. The van der Waals surface area contributed by atoms with E-state index in [4.69, 9.17) is 16.3 Å². The number of ether oxygens (including phenoxy) is 1. The molecule has 0 spiro atoms. The van der Waals surface area contributed by atoms with Crippen LogP contribution < -0.4 is 10.1 Å². The van der Waals surface area contributed by atoms with Gasteiger partial charge in [-0.05, 0) is 30.3 Å². The largest absolute Gasteiger partial charge is 0.496 e. The van der Waals surface area contributed by atoms with E-state index >= 15 is 0 Å². The molecule has 1 heterocycles. The summed E-state index contributed by atoms with van der Waals surface area (Å²) in [6, 6.07) is 11.5. The first-order valence-electron chi connectivity index (χ1n) is 5.72. The van der Waals surface area contributed by atoms with Gasteiger partial charge in [0.1, 0.15) is 5.75 Å². The quantitative estimate of drug-likeness (QED) is 0.899. The highest BCUT2D eigenvalue weighted by molar-refractivity contribution is 6.30. The van der Waals surface area contributed by atoms with E-state index in [1.54, 1.807) is 13.3 Å². The van der Waals surface area contributed by atoms with E-state index in [-0.39, 0.29) is 0 Å². The first-order valence-corrected chi connectivity index (χ1v) is 6.10. The number of nitrogens with zero attached hydrogens (tertiary/aromatic N) is 1. The number of benzene rings is 1. The second kappa shape index (κ2) is 6.38. The second-order valence-corrected chi connectivity index (χ2v) is 4.32. The first-order chi connectivity index (χ1) is 8.79. The molecule has 4 heteroatoms. The van der Waals surface area contributed by atoms with E-state index in [1.165, 1.54) is 0 Å². The van der Waals surface area contributed by atoms with Crippen molar-refractivity contribution in [3.63, 3.8) is 0 Å². The standard InChI is InChI=1S/C14H15ClN2O/c1-18-14-6-5-12(15)8-11(14)9-16-10-13-4-2-3-7-17-13/h2-8,16H,9-10H2,1H3. The van der Waals surface area contributed by atoms with Gasteiger partial charge in [0, 0.05) is 29.9 Å². The molecule has 0 fully saturated rings. The highest BCUT2D eigenvalue weighted by atomic mass is 35.5. The van der Waals surface area contributed by atoms with Crippen LogP contribution in [0.25, 0.3) is 0 Å². The summed E-state index contributed by atoms with van der Waals surface area (Å²) in [5, 5.41) is 4.03. The van der Waals surface area contributed by atoms with Crippen LogP contribution in [0.2, 0.25) is 5.02 Å². The third-order valence-electron chi connectivity index (χ3n) is 2.59. The molecule has 18 heavy (non-hydrogen) atoms. The van der Waals surface area contributed by atoms with Gasteiger partial charge >= 0.3 is 0 Å². The van der Waals surface area contributed by atoms with Crippen LogP contribution in [-0.2, 0) is 13.1 Å². The Labute approximate surface area is 112 Å². The van der Waals surface area contributed by atoms with Gasteiger partial charge in [0.05, 0.1) is 12.8 Å². The van der Waals surface area contributed by atoms with Crippen molar-refractivity contribution in [3.8, 4) is 5.75 Å². The van der Waals surface area contributed by atoms with E-state index in [0.717, 1.165) is 23.6 Å². The molecule has 94 valence electrons. The molecule has 0 aliphatic carbocycles. The number of nitrogens with one attached hydrogen (secondary N) is 1. The SMILES string of the molecule is COc1ccc(Cl)cc1CNCc1ccccn1. The van der Waals surface area contributed by atoms with Crippen molar-refractivity contribution in [3.05, 3.63) is 58.9 Å². The molecule has 0 saturated heterocycles. The molecule has 0 atom stereocenters. The summed E-state index contributed by atoms with van der Waals surface area (Å²) in [4.78, 5) is 4.25. The molecule has 1 aromatic heterocycles. The highest BCUT2D eigenvalue weighted by Crippen LogP contribution is 2.22. The van der Waals surface area contributed by atoms with E-state index in [9.17, 15) is 0 Å². The van der Waals surface area contributed by atoms with Crippen molar-refractivity contribution >= 4 is 11.6 Å². The average molecular weight is 263 g/mol. The Bertz CT molecular complexity index is 502. The summed E-state index contributed by atoms with van der Waals surface area (Å²) in [6.45, 7) is 1.41. The summed E-state index contributed by atoms with van der Waals surface area (Å²) < 4.78 is 5.29. The van der Waals surface area contributed by atoms with Gasteiger partial charge in [-0.3, -0.25) is 4.98 Å². The maximum Gasteiger partial charge on any atom is 0.123 e. The molecule has 2 aromatic rings. The average Bonchev–Trinajstić information content (AvgIpc) is 2.40. The van der Waals surface area contributed by atoms with Crippen LogP contribution in [0.15, 0.2) is 42.6 Å². The summed E-state index contributed by atoms with van der Waals surface area (Å²) in [6.07, 6.45) is 1.79. The molecular formula is C14H15ClN2O. The number of methoxy groups -OCH3 is 1. The Hall–Kier alpha value is -1.58. The topological polar surface area (TPSA) is 34.1 Å². The molecule has 0 aliphatic rings. The molecular weight excluding hydrogens is 248 g/mol. The monoisotopic (exact) mass is 262 g/mol. The smallest absolute Gasteiger partial charge is 0.123 e. The van der Waals surface area contributed by atoms with Crippen molar-refractivity contribution in [1.29, 1.82) is 0 Å². The zero-order valence-electron chi connectivity index (χ0n) is 10.2. The second-order valence-electron chi connectivity index (χ2n) is 3.88. The van der Waals surface area contributed by atoms with Gasteiger partial charge in [0.25, 0.3) is 0 Å². The predicted octanol–water partition coefficient (Wildman–Crippen LogP) is 3.03. The minimum absolute atomic E-state index is 0.695. The minimum Gasteiger partial charge on any atom is -0.496 e. The third kappa shape index (κ3) is 3.45. The summed E-state index contributed by atoms with van der Waals surface area (Å²) >= 11 is 5.97. The molecule has 1 aromatic carbocycles. The van der Waals surface area contributed by atoms with Crippen molar-refractivity contribution in [2.45, 2.75) is 13.1 Å². The maximum atomic E-state index is 5.97. The van der Waals surface area contributed by atoms with Crippen LogP contribution in [-0.4, -0.2) is 12.1 Å². The van der Waals surface area contributed by atoms with Crippen LogP contribution in [0.3, 0.4) is 0 Å². The summed E-state index contributed by atoms with van der Waals surface area (Å²) in [7, 11) is 1.66. The van der Waals surface area contributed by atoms with Gasteiger partial charge in [-0.1, -0.05) is 17.7 Å². The Morgan fingerprint density at radius 2 is 2.11 bits per heavy atom. The molecule has 0 amide bonds. The van der Waals surface area contributed by atoms with E-state index in [1.807, 2.05) is 36.4 Å². The number of hydrogen-bond acceptors (Lipinski definition) is 3. The molecule has 1 N–H and O–H groups in total. The van der Waals surface area contributed by atoms with Gasteiger partial charge in [0.15, 0.2) is 0 Å². The van der Waals surface area contributed by atoms with Crippen molar-refractivity contribution in [2.75, 3.05) is 7.11 Å². The Morgan fingerprint density at radius 3 is 2.83 bits per heavy atom. The number of rotatable bonds is 5. The van der Waals surface area contributed by atoms with E-state index in [2.05, 4.69) is 10.3 Å². The van der Waals surface area contributed by atoms with E-state index in [0.29, 0.717) is 11.6 Å². The summed E-state index contributed by atoms with van der Waals surface area (Å²) in [5.74, 6) is 0.841. The molecule has 0 unspecified atom stereocenters. The number of pyridine rings is 1. The van der Waals surface area contributed by atoms with Crippen LogP contribution >= 0.6 is 11.6 Å². The van der Waals surface area contributed by atoms with Crippen LogP contribution in [0.4, 0.5) is 0 Å². The molecule has 0 aliphatic heterocycles. The lowest BCUT2D eigenvalue weighted by atomic mass is 10.2. The fourth-order valence-electron chi connectivity index (χ4n) is 1.71. The zero-order chi connectivity index (χ0) is 12.8. The highest BCUT2D eigenvalue weighted by Gasteiger charge is 2.03. The molecule has 0 bridgehead atoms. The Morgan fingerprint density at radius 1 is 1.22 bits per heavy atom. The summed E-state index contributed by atoms with van der Waals surface area (Å²) in [5.41, 5.74) is 2.06. The first kappa shape index (κ1) is 12.9. The predicted molar refractivity (Wildman–Crippen MR) is 72.8 cm³/mol. The van der Waals surface area contributed by atoms with Gasteiger partial charge in [-0.25, -0.2) is 0 Å². The third-order valence-corrected chi connectivity index (χ3v) is 2.83. The van der Waals surface area contributed by atoms with Gasteiger partial charge in [-0.15, -0.1) is 0 Å². The van der Waals surface area contributed by atoms with Gasteiger partial charge < -0.3 is 10.1 Å². The van der Waals surface area contributed by atoms with Crippen molar-refractivity contribution in [2.24, 2.45) is 0 Å². The van der Waals surface area contributed by atoms with Crippen LogP contribution in [0, 0.1) is 0 Å². The fraction of sp³-hybridized carbons (Fsp3) is 0.214. The number of aromatic nitrogens is 1. The van der Waals surface area contributed by atoms with E-state index < -0.39 is 0 Å². The van der Waals surface area contributed by atoms with Crippen molar-refractivity contribution < 1.29 is 4.74 Å². The molecule has 2 rings (SSSR count). The fourth-order valence-corrected chi connectivity index (χ4v) is 1.91. The zero-order valence-corrected chi connectivity index (χ0v) is 10.9. The maximum absolute atomic E-state index is 5.97. The lowest BCUT2D eigenvalue weighted by molar-refractivity contribution is 0.407.